The normalized spacial score (nSPS) is 11.5. The smallest absolute Gasteiger partial charge is 0.164 e. The Hall–Kier alpha value is -5.93. The van der Waals surface area contributed by atoms with Gasteiger partial charge in [-0.15, -0.1) is 0 Å². The maximum atomic E-state index is 5.02. The number of benzene rings is 5. The van der Waals surface area contributed by atoms with Gasteiger partial charge in [-0.2, -0.15) is 0 Å². The lowest BCUT2D eigenvalue weighted by atomic mass is 9.93. The maximum Gasteiger partial charge on any atom is 0.164 e. The Morgan fingerprint density at radius 3 is 1.77 bits per heavy atom. The van der Waals surface area contributed by atoms with Gasteiger partial charge in [0.1, 0.15) is 0 Å². The second-order valence-corrected chi connectivity index (χ2v) is 12.2. The Morgan fingerprint density at radius 1 is 0.426 bits per heavy atom. The first-order chi connectivity index (χ1) is 23.1. The molecule has 7 aromatic rings. The van der Waals surface area contributed by atoms with E-state index >= 15 is 0 Å². The summed E-state index contributed by atoms with van der Waals surface area (Å²) in [5.41, 5.74) is 13.0. The van der Waals surface area contributed by atoms with Crippen LogP contribution in [-0.2, 0) is 6.42 Å². The van der Waals surface area contributed by atoms with Crippen molar-refractivity contribution in [1.82, 2.24) is 15.0 Å². The van der Waals surface area contributed by atoms with Crippen molar-refractivity contribution in [3.63, 3.8) is 0 Å². The van der Waals surface area contributed by atoms with Crippen LogP contribution in [0.15, 0.2) is 152 Å². The summed E-state index contributed by atoms with van der Waals surface area (Å²) in [4.78, 5) is 14.9. The molecule has 1 heterocycles. The Labute approximate surface area is 275 Å². The molecular weight excluding hydrogens is 571 g/mol. The SMILES string of the molecule is Cc1ccc(-c2cccc3c2-c2cc(-c4nc(-c5ccccc5)nc(-c5ccccc5)n4)ccc2C3)cc(C)c2ccccc2cc1. The van der Waals surface area contributed by atoms with E-state index in [0.717, 1.165) is 23.1 Å². The van der Waals surface area contributed by atoms with Crippen LogP contribution in [0.5, 0.6) is 0 Å². The van der Waals surface area contributed by atoms with Crippen molar-refractivity contribution in [3.8, 4) is 56.4 Å². The Morgan fingerprint density at radius 2 is 1.04 bits per heavy atom. The Bertz CT molecular complexity index is 2280. The molecule has 0 aliphatic heterocycles. The lowest BCUT2D eigenvalue weighted by molar-refractivity contribution is 1.07. The predicted octanol–water partition coefficient (Wildman–Crippen LogP) is 11.0. The molecule has 8 rings (SSSR count). The first-order valence-electron chi connectivity index (χ1n) is 16.1. The van der Waals surface area contributed by atoms with Crippen LogP contribution in [0.2, 0.25) is 0 Å². The molecule has 47 heavy (non-hydrogen) atoms. The quantitative estimate of drug-likeness (QED) is 0.201. The largest absolute Gasteiger partial charge is 0.208 e. The summed E-state index contributed by atoms with van der Waals surface area (Å²) in [6, 6.07) is 53.5. The Kier molecular flexibility index (Phi) is 7.35. The molecule has 6 aromatic carbocycles. The minimum absolute atomic E-state index is 0.666. The summed E-state index contributed by atoms with van der Waals surface area (Å²) in [7, 11) is 0. The van der Waals surface area contributed by atoms with Gasteiger partial charge in [0, 0.05) is 16.7 Å². The number of hydrogen-bond donors (Lipinski definition) is 0. The molecule has 0 fully saturated rings. The van der Waals surface area contributed by atoms with Gasteiger partial charge < -0.3 is 0 Å². The summed E-state index contributed by atoms with van der Waals surface area (Å²) < 4.78 is 0. The monoisotopic (exact) mass is 603 g/mol. The molecule has 1 aliphatic carbocycles. The minimum Gasteiger partial charge on any atom is -0.208 e. The highest BCUT2D eigenvalue weighted by molar-refractivity contribution is 5.93. The summed E-state index contributed by atoms with van der Waals surface area (Å²) in [5.74, 6) is 2.00. The zero-order chi connectivity index (χ0) is 31.7. The molecule has 0 bridgehead atoms. The molecule has 0 radical (unpaired) electrons. The molecule has 0 amide bonds. The van der Waals surface area contributed by atoms with Crippen molar-refractivity contribution in [1.29, 1.82) is 0 Å². The predicted molar refractivity (Wildman–Crippen MR) is 194 cm³/mol. The average Bonchev–Trinajstić information content (AvgIpc) is 3.51. The number of fused-ring (bicyclic) bond motifs is 4. The fourth-order valence-corrected chi connectivity index (χ4v) is 6.58. The zero-order valence-corrected chi connectivity index (χ0v) is 26.5. The molecule has 0 unspecified atom stereocenters. The van der Waals surface area contributed by atoms with Crippen molar-refractivity contribution in [3.05, 3.63) is 174 Å². The van der Waals surface area contributed by atoms with Crippen LogP contribution in [-0.4, -0.2) is 15.0 Å². The van der Waals surface area contributed by atoms with Crippen molar-refractivity contribution in [2.45, 2.75) is 20.3 Å². The molecule has 1 aliphatic rings. The standard InChI is InChI=1S/C44H33N3/c1-29-20-22-31-12-9-10-18-38(31)30(2)26-34(23-21-29)39-19-11-17-36-27-35-24-25-37(28-40(35)41(36)39)44-46-42(32-13-5-3-6-14-32)45-43(47-44)33-15-7-4-8-16-33/h3-26,28H,27H2,1-2H3. The van der Waals surface area contributed by atoms with Crippen molar-refractivity contribution >= 4 is 10.8 Å². The molecule has 3 heteroatoms. The lowest BCUT2D eigenvalue weighted by Gasteiger charge is -2.12. The van der Waals surface area contributed by atoms with Gasteiger partial charge in [0.25, 0.3) is 0 Å². The van der Waals surface area contributed by atoms with E-state index in [1.165, 1.54) is 55.3 Å². The molecular formula is C44H33N3. The number of rotatable bonds is 4. The number of aromatic nitrogens is 3. The average molecular weight is 604 g/mol. The van der Waals surface area contributed by atoms with Crippen LogP contribution in [0.1, 0.15) is 22.3 Å². The molecule has 0 atom stereocenters. The van der Waals surface area contributed by atoms with Crippen molar-refractivity contribution in [2.24, 2.45) is 0 Å². The van der Waals surface area contributed by atoms with Crippen LogP contribution in [0.25, 0.3) is 67.2 Å². The first-order valence-corrected chi connectivity index (χ1v) is 16.1. The van der Waals surface area contributed by atoms with Gasteiger partial charge in [0.2, 0.25) is 0 Å². The maximum absolute atomic E-state index is 5.02. The first kappa shape index (κ1) is 28.5. The highest BCUT2D eigenvalue weighted by Crippen LogP contribution is 2.44. The second kappa shape index (κ2) is 12.1. The van der Waals surface area contributed by atoms with E-state index in [1.54, 1.807) is 0 Å². The van der Waals surface area contributed by atoms with Crippen LogP contribution < -0.4 is 0 Å². The molecule has 3 nitrogen and oxygen atoms in total. The number of nitrogens with zero attached hydrogens (tertiary/aromatic N) is 3. The summed E-state index contributed by atoms with van der Waals surface area (Å²) in [6.45, 7) is 4.37. The molecule has 0 N–H and O–H groups in total. The molecule has 0 saturated carbocycles. The highest BCUT2D eigenvalue weighted by atomic mass is 15.0. The highest BCUT2D eigenvalue weighted by Gasteiger charge is 2.23. The number of hydrogen-bond acceptors (Lipinski definition) is 3. The summed E-state index contributed by atoms with van der Waals surface area (Å²) in [6.07, 6.45) is 0.900. The van der Waals surface area contributed by atoms with Crippen LogP contribution in [0, 0.1) is 13.8 Å². The van der Waals surface area contributed by atoms with Gasteiger partial charge in [0.15, 0.2) is 17.5 Å². The van der Waals surface area contributed by atoms with Gasteiger partial charge in [0.05, 0.1) is 0 Å². The lowest BCUT2D eigenvalue weighted by Crippen LogP contribution is -2.00. The second-order valence-electron chi connectivity index (χ2n) is 12.2. The fraction of sp³-hybridized carbons (Fsp3) is 0.0682. The van der Waals surface area contributed by atoms with Gasteiger partial charge >= 0.3 is 0 Å². The van der Waals surface area contributed by atoms with Crippen molar-refractivity contribution < 1.29 is 0 Å². The van der Waals surface area contributed by atoms with E-state index in [4.69, 9.17) is 15.0 Å². The Balaban J connectivity index is 1.31. The number of aryl methyl sites for hydroxylation is 2. The third-order valence-electron chi connectivity index (χ3n) is 8.99. The van der Waals surface area contributed by atoms with Gasteiger partial charge in [-0.05, 0) is 76.1 Å². The van der Waals surface area contributed by atoms with Gasteiger partial charge in [-0.25, -0.2) is 15.0 Å². The molecule has 1 aromatic heterocycles. The van der Waals surface area contributed by atoms with Crippen LogP contribution in [0.4, 0.5) is 0 Å². The topological polar surface area (TPSA) is 38.7 Å². The van der Waals surface area contributed by atoms with Gasteiger partial charge in [-0.3, -0.25) is 0 Å². The summed E-state index contributed by atoms with van der Waals surface area (Å²) >= 11 is 0. The third kappa shape index (κ3) is 5.57. The molecule has 0 spiro atoms. The summed E-state index contributed by atoms with van der Waals surface area (Å²) in [5, 5.41) is 2.48. The van der Waals surface area contributed by atoms with E-state index in [0.29, 0.717) is 17.5 Å². The fourth-order valence-electron chi connectivity index (χ4n) is 6.58. The zero-order valence-electron chi connectivity index (χ0n) is 26.5. The van der Waals surface area contributed by atoms with E-state index in [1.807, 2.05) is 60.7 Å². The molecule has 0 saturated heterocycles. The molecule has 224 valence electrons. The van der Waals surface area contributed by atoms with E-state index in [-0.39, 0.29) is 0 Å². The third-order valence-corrected chi connectivity index (χ3v) is 8.99. The van der Waals surface area contributed by atoms with Gasteiger partial charge in [-0.1, -0.05) is 151 Å². The van der Waals surface area contributed by atoms with E-state index < -0.39 is 0 Å². The minimum atomic E-state index is 0.666. The van der Waals surface area contributed by atoms with E-state index in [2.05, 4.69) is 105 Å². The van der Waals surface area contributed by atoms with Crippen LogP contribution in [0.3, 0.4) is 0 Å². The van der Waals surface area contributed by atoms with Crippen LogP contribution >= 0.6 is 0 Å². The van der Waals surface area contributed by atoms with Crippen molar-refractivity contribution in [2.75, 3.05) is 0 Å². The van der Waals surface area contributed by atoms with E-state index in [9.17, 15) is 0 Å².